The first-order valence-electron chi connectivity index (χ1n) is 12.1. The summed E-state index contributed by atoms with van der Waals surface area (Å²) in [4.78, 5) is 41.8. The number of para-hydroxylation sites is 1. The lowest BCUT2D eigenvalue weighted by Gasteiger charge is -2.22. The standard InChI is InChI=1S/C29H29N3O6/c1-37-28(35)26(15-19-11-13-22(33)14-12-19)31-27(34)25(16-21-17-30-24-10-6-5-9-23(21)24)32-29(36)38-18-20-7-3-2-4-8-20/h2-14,17,25-26,30,33H,15-16,18H2,1H3,(H,31,34)(H,32,36)/t25-,26+/m0/s1. The second-order valence-corrected chi connectivity index (χ2v) is 8.78. The van der Waals surface area contributed by atoms with Gasteiger partial charge in [0.25, 0.3) is 0 Å². The van der Waals surface area contributed by atoms with Gasteiger partial charge in [-0.05, 0) is 34.9 Å². The molecule has 196 valence electrons. The molecule has 0 saturated carbocycles. The van der Waals surface area contributed by atoms with Crippen molar-refractivity contribution in [2.75, 3.05) is 7.11 Å². The molecule has 0 radical (unpaired) electrons. The molecule has 0 saturated heterocycles. The molecule has 1 heterocycles. The Kier molecular flexibility index (Phi) is 8.61. The molecule has 0 spiro atoms. The fourth-order valence-corrected chi connectivity index (χ4v) is 4.11. The van der Waals surface area contributed by atoms with Gasteiger partial charge in [0.2, 0.25) is 5.91 Å². The van der Waals surface area contributed by atoms with Crippen molar-refractivity contribution < 1.29 is 29.0 Å². The molecule has 4 N–H and O–H groups in total. The number of amides is 2. The third kappa shape index (κ3) is 6.91. The minimum Gasteiger partial charge on any atom is -0.508 e. The molecular formula is C29H29N3O6. The molecule has 1 aromatic heterocycles. The number of carbonyl (C=O) groups is 3. The number of phenolic OH excluding ortho intramolecular Hbond substituents is 1. The molecule has 4 rings (SSSR count). The molecule has 4 aromatic rings. The summed E-state index contributed by atoms with van der Waals surface area (Å²) in [5, 5.41) is 15.8. The number of H-pyrrole nitrogens is 1. The van der Waals surface area contributed by atoms with Crippen molar-refractivity contribution in [2.24, 2.45) is 0 Å². The normalized spacial score (nSPS) is 12.3. The Bertz CT molecular complexity index is 1380. The van der Waals surface area contributed by atoms with Crippen molar-refractivity contribution in [3.05, 3.63) is 102 Å². The number of ether oxygens (including phenoxy) is 2. The Morgan fingerprint density at radius 1 is 0.842 bits per heavy atom. The molecule has 9 nitrogen and oxygen atoms in total. The zero-order chi connectivity index (χ0) is 26.9. The summed E-state index contributed by atoms with van der Waals surface area (Å²) in [7, 11) is 1.24. The fourth-order valence-electron chi connectivity index (χ4n) is 4.11. The highest BCUT2D eigenvalue weighted by Crippen LogP contribution is 2.20. The molecular weight excluding hydrogens is 486 g/mol. The van der Waals surface area contributed by atoms with Gasteiger partial charge < -0.3 is 30.2 Å². The number of aromatic nitrogens is 1. The van der Waals surface area contributed by atoms with Gasteiger partial charge in [0, 0.05) is 29.9 Å². The Morgan fingerprint density at radius 2 is 1.55 bits per heavy atom. The Hall–Kier alpha value is -4.79. The van der Waals surface area contributed by atoms with Crippen LogP contribution < -0.4 is 10.6 Å². The van der Waals surface area contributed by atoms with E-state index in [1.54, 1.807) is 18.3 Å². The molecule has 0 aliphatic heterocycles. The number of fused-ring (bicyclic) bond motifs is 1. The molecule has 0 unspecified atom stereocenters. The summed E-state index contributed by atoms with van der Waals surface area (Å²) in [6, 6.07) is 21.1. The molecule has 2 atom stereocenters. The predicted molar refractivity (Wildman–Crippen MR) is 141 cm³/mol. The first-order chi connectivity index (χ1) is 18.4. The van der Waals surface area contributed by atoms with Crippen molar-refractivity contribution >= 4 is 28.9 Å². The van der Waals surface area contributed by atoms with E-state index >= 15 is 0 Å². The van der Waals surface area contributed by atoms with E-state index in [9.17, 15) is 19.5 Å². The van der Waals surface area contributed by atoms with Crippen LogP contribution in [0.15, 0.2) is 85.1 Å². The van der Waals surface area contributed by atoms with Crippen LogP contribution in [-0.4, -0.2) is 47.3 Å². The highest BCUT2D eigenvalue weighted by Gasteiger charge is 2.29. The number of aromatic amines is 1. The molecule has 0 aliphatic carbocycles. The Balaban J connectivity index is 1.51. The van der Waals surface area contributed by atoms with Crippen LogP contribution in [0.3, 0.4) is 0 Å². The number of esters is 1. The van der Waals surface area contributed by atoms with Gasteiger partial charge in [-0.3, -0.25) is 4.79 Å². The van der Waals surface area contributed by atoms with Crippen molar-refractivity contribution in [2.45, 2.75) is 31.5 Å². The smallest absolute Gasteiger partial charge is 0.408 e. The quantitative estimate of drug-likeness (QED) is 0.239. The summed E-state index contributed by atoms with van der Waals surface area (Å²) in [5.41, 5.74) is 3.23. The van der Waals surface area contributed by atoms with Gasteiger partial charge in [0.15, 0.2) is 0 Å². The lowest BCUT2D eigenvalue weighted by Crippen LogP contribution is -2.53. The molecule has 0 fully saturated rings. The van der Waals surface area contributed by atoms with Crippen molar-refractivity contribution in [1.82, 2.24) is 15.6 Å². The van der Waals surface area contributed by atoms with Crippen molar-refractivity contribution in [3.63, 3.8) is 0 Å². The van der Waals surface area contributed by atoms with Crippen LogP contribution in [-0.2, 0) is 38.5 Å². The summed E-state index contributed by atoms with van der Waals surface area (Å²) in [5.74, 6) is -1.12. The van der Waals surface area contributed by atoms with E-state index in [1.807, 2.05) is 54.6 Å². The van der Waals surface area contributed by atoms with Crippen LogP contribution in [0.1, 0.15) is 16.7 Å². The second-order valence-electron chi connectivity index (χ2n) is 8.78. The number of benzene rings is 3. The largest absolute Gasteiger partial charge is 0.508 e. The highest BCUT2D eigenvalue weighted by molar-refractivity contribution is 5.91. The summed E-state index contributed by atoms with van der Waals surface area (Å²) in [6.07, 6.45) is 1.32. The molecule has 0 bridgehead atoms. The first-order valence-corrected chi connectivity index (χ1v) is 12.1. The van der Waals surface area contributed by atoms with Gasteiger partial charge in [-0.25, -0.2) is 9.59 Å². The molecule has 2 amide bonds. The first kappa shape index (κ1) is 26.3. The van der Waals surface area contributed by atoms with Crippen LogP contribution in [0.4, 0.5) is 4.79 Å². The van der Waals surface area contributed by atoms with Gasteiger partial charge in [-0.15, -0.1) is 0 Å². The third-order valence-electron chi connectivity index (χ3n) is 6.10. The van der Waals surface area contributed by atoms with Gasteiger partial charge >= 0.3 is 12.1 Å². The average Bonchev–Trinajstić information content (AvgIpc) is 3.35. The summed E-state index contributed by atoms with van der Waals surface area (Å²) >= 11 is 0. The number of aromatic hydroxyl groups is 1. The summed E-state index contributed by atoms with van der Waals surface area (Å²) in [6.45, 7) is 0.0414. The predicted octanol–water partition coefficient (Wildman–Crippen LogP) is 3.61. The number of nitrogens with one attached hydrogen (secondary N) is 3. The monoisotopic (exact) mass is 515 g/mol. The molecule has 0 aliphatic rings. The van der Waals surface area contributed by atoms with Crippen LogP contribution >= 0.6 is 0 Å². The van der Waals surface area contributed by atoms with Crippen LogP contribution in [0.25, 0.3) is 10.9 Å². The Morgan fingerprint density at radius 3 is 2.29 bits per heavy atom. The maximum Gasteiger partial charge on any atom is 0.408 e. The number of phenols is 1. The minimum absolute atomic E-state index is 0.0414. The number of hydrogen-bond acceptors (Lipinski definition) is 6. The minimum atomic E-state index is -1.04. The average molecular weight is 516 g/mol. The number of rotatable bonds is 10. The van der Waals surface area contributed by atoms with Crippen LogP contribution in [0.5, 0.6) is 5.75 Å². The number of hydrogen-bond donors (Lipinski definition) is 4. The van der Waals surface area contributed by atoms with E-state index < -0.39 is 30.1 Å². The topological polar surface area (TPSA) is 130 Å². The molecule has 3 aromatic carbocycles. The van der Waals surface area contributed by atoms with Crippen LogP contribution in [0.2, 0.25) is 0 Å². The van der Waals surface area contributed by atoms with Crippen molar-refractivity contribution in [1.29, 1.82) is 0 Å². The maximum absolute atomic E-state index is 13.5. The number of carbonyl (C=O) groups excluding carboxylic acids is 3. The number of methoxy groups -OCH3 is 1. The summed E-state index contributed by atoms with van der Waals surface area (Å²) < 4.78 is 10.2. The Labute approximate surface area is 219 Å². The van der Waals surface area contributed by atoms with Crippen LogP contribution in [0, 0.1) is 0 Å². The van der Waals surface area contributed by atoms with E-state index in [1.165, 1.54) is 19.2 Å². The zero-order valence-corrected chi connectivity index (χ0v) is 20.8. The maximum atomic E-state index is 13.5. The molecule has 9 heteroatoms. The number of alkyl carbamates (subject to hydrolysis) is 1. The van der Waals surface area contributed by atoms with Gasteiger partial charge in [0.1, 0.15) is 24.4 Å². The SMILES string of the molecule is COC(=O)[C@@H](Cc1ccc(O)cc1)NC(=O)[C@H](Cc1c[nH]c2ccccc12)NC(=O)OCc1ccccc1. The lowest BCUT2D eigenvalue weighted by atomic mass is 10.0. The van der Waals surface area contributed by atoms with E-state index in [2.05, 4.69) is 15.6 Å². The van der Waals surface area contributed by atoms with E-state index in [0.717, 1.165) is 22.0 Å². The van der Waals surface area contributed by atoms with E-state index in [-0.39, 0.29) is 25.2 Å². The van der Waals surface area contributed by atoms with Gasteiger partial charge in [-0.2, -0.15) is 0 Å². The van der Waals surface area contributed by atoms with Gasteiger partial charge in [0.05, 0.1) is 7.11 Å². The van der Waals surface area contributed by atoms with E-state index in [4.69, 9.17) is 9.47 Å². The molecule has 38 heavy (non-hydrogen) atoms. The highest BCUT2D eigenvalue weighted by atomic mass is 16.5. The lowest BCUT2D eigenvalue weighted by molar-refractivity contribution is -0.145. The fraction of sp³-hybridized carbons (Fsp3) is 0.207. The van der Waals surface area contributed by atoms with Crippen molar-refractivity contribution in [3.8, 4) is 5.75 Å². The second kappa shape index (κ2) is 12.4. The van der Waals surface area contributed by atoms with E-state index in [0.29, 0.717) is 5.56 Å². The van der Waals surface area contributed by atoms with Gasteiger partial charge in [-0.1, -0.05) is 60.7 Å². The third-order valence-corrected chi connectivity index (χ3v) is 6.10. The zero-order valence-electron chi connectivity index (χ0n) is 20.8.